The highest BCUT2D eigenvalue weighted by Gasteiger charge is 2.24. The number of thioether (sulfide) groups is 1. The maximum absolute atomic E-state index is 11.4. The molecule has 0 saturated carbocycles. The molecule has 36 heavy (non-hydrogen) atoms. The van der Waals surface area contributed by atoms with Crippen LogP contribution in [0.25, 0.3) is 4.91 Å². The number of β-amino-alcohol motifs (C(OH)–C–C–N with tert-alkyl or cyclic N) is 1. The molecule has 2 N–H and O–H groups in total. The maximum atomic E-state index is 11.4. The zero-order valence-corrected chi connectivity index (χ0v) is 24.7. The number of likely N-dealkylation sites (tertiary alicyclic amines) is 1. The van der Waals surface area contributed by atoms with E-state index < -0.39 is 0 Å². The topological polar surface area (TPSA) is 69.6 Å². The molecular weight excluding hydrogens is 468 g/mol. The first-order valence-electron chi connectivity index (χ1n) is 13.0. The standard InChI is InChI=1S/C17H21NOS.C9H17NO2.C4H10/c1-5-6-11-20-17(13(2)3)16-9-7-15(8-10-16)14(4)18-12-19;1-7(2)5-9(12)10-4-3-8(11)6-10;1-4(2)3/h7-10,12,14H,5H2,1-4H3,(H,18,19);7-8,11H,3-6H2,1-2H3;4H,1-3H3. The number of rotatable bonds is 7. The number of hydrogen-bond donors (Lipinski definition) is 2. The van der Waals surface area contributed by atoms with E-state index in [9.17, 15) is 14.7 Å². The Kier molecular flexibility index (Phi) is 17.8. The van der Waals surface area contributed by atoms with E-state index in [1.165, 1.54) is 16.0 Å². The molecule has 202 valence electrons. The van der Waals surface area contributed by atoms with Crippen molar-refractivity contribution in [3.05, 3.63) is 41.0 Å². The predicted molar refractivity (Wildman–Crippen MR) is 155 cm³/mol. The number of aliphatic hydroxyl groups excluding tert-OH is 1. The molecular formula is C30H48N2O3S. The Morgan fingerprint density at radius 3 is 2.17 bits per heavy atom. The third-order valence-electron chi connectivity index (χ3n) is 4.95. The average molecular weight is 517 g/mol. The lowest BCUT2D eigenvalue weighted by Gasteiger charge is -2.16. The minimum absolute atomic E-state index is 0.0317. The van der Waals surface area contributed by atoms with Gasteiger partial charge in [-0.25, -0.2) is 0 Å². The molecule has 1 fully saturated rings. The van der Waals surface area contributed by atoms with Crippen molar-refractivity contribution in [1.29, 1.82) is 0 Å². The van der Waals surface area contributed by atoms with Gasteiger partial charge in [0.1, 0.15) is 0 Å². The Morgan fingerprint density at radius 2 is 1.75 bits per heavy atom. The van der Waals surface area contributed by atoms with Crippen molar-refractivity contribution in [3.8, 4) is 11.2 Å². The fourth-order valence-electron chi connectivity index (χ4n) is 3.18. The van der Waals surface area contributed by atoms with Crippen LogP contribution in [0, 0.1) is 23.0 Å². The fraction of sp³-hybridized carbons (Fsp3) is 0.600. The van der Waals surface area contributed by atoms with Gasteiger partial charge in [-0.15, -0.1) is 0 Å². The van der Waals surface area contributed by atoms with E-state index in [1.807, 2.05) is 39.8 Å². The largest absolute Gasteiger partial charge is 0.391 e. The van der Waals surface area contributed by atoms with Crippen LogP contribution < -0.4 is 5.32 Å². The zero-order valence-electron chi connectivity index (χ0n) is 23.9. The molecule has 2 amide bonds. The van der Waals surface area contributed by atoms with Gasteiger partial charge in [0.05, 0.1) is 12.1 Å². The molecule has 0 aromatic heterocycles. The second-order valence-electron chi connectivity index (χ2n) is 10.3. The quantitative estimate of drug-likeness (QED) is 0.315. The summed E-state index contributed by atoms with van der Waals surface area (Å²) < 4.78 is 0. The van der Waals surface area contributed by atoms with E-state index >= 15 is 0 Å². The SMILES string of the molecule is CC(C)C.CC(C)CC(=O)N1CCC(O)C1.CCC#CSC(=C(C)C)c1ccc(C(C)NC=O)cc1. The van der Waals surface area contributed by atoms with E-state index in [0.29, 0.717) is 18.9 Å². The molecule has 2 unspecified atom stereocenters. The maximum Gasteiger partial charge on any atom is 0.222 e. The van der Waals surface area contributed by atoms with Gasteiger partial charge in [0.25, 0.3) is 0 Å². The van der Waals surface area contributed by atoms with Crippen LogP contribution in [-0.4, -0.2) is 41.5 Å². The summed E-state index contributed by atoms with van der Waals surface area (Å²) in [4.78, 5) is 24.8. The monoisotopic (exact) mass is 516 g/mol. The molecule has 6 heteroatoms. The molecule has 1 aromatic rings. The number of hydrogen-bond acceptors (Lipinski definition) is 4. The number of carbonyl (C=O) groups is 2. The normalized spacial score (nSPS) is 15.0. The highest BCUT2D eigenvalue weighted by molar-refractivity contribution is 8.12. The van der Waals surface area contributed by atoms with Gasteiger partial charge in [-0.2, -0.15) is 0 Å². The first kappa shape index (κ1) is 33.8. The van der Waals surface area contributed by atoms with Crippen molar-refractivity contribution in [2.24, 2.45) is 11.8 Å². The van der Waals surface area contributed by atoms with Crippen molar-refractivity contribution in [2.45, 2.75) is 93.7 Å². The van der Waals surface area contributed by atoms with Crippen LogP contribution in [0.5, 0.6) is 0 Å². The number of amides is 2. The molecule has 0 spiro atoms. The molecule has 0 bridgehead atoms. The summed E-state index contributed by atoms with van der Waals surface area (Å²) in [6.07, 6.45) is 2.66. The lowest BCUT2D eigenvalue weighted by atomic mass is 10.0. The molecule has 5 nitrogen and oxygen atoms in total. The molecule has 1 saturated heterocycles. The second-order valence-corrected chi connectivity index (χ2v) is 11.1. The molecule has 1 aliphatic rings. The first-order valence-corrected chi connectivity index (χ1v) is 13.8. The molecule has 0 aliphatic carbocycles. The van der Waals surface area contributed by atoms with Gasteiger partial charge in [-0.05, 0) is 67.2 Å². The third-order valence-corrected chi connectivity index (χ3v) is 6.04. The second kappa shape index (κ2) is 19.0. The molecule has 2 rings (SSSR count). The van der Waals surface area contributed by atoms with Crippen LogP contribution in [0.3, 0.4) is 0 Å². The van der Waals surface area contributed by atoms with E-state index in [-0.39, 0.29) is 18.1 Å². The number of allylic oxidation sites excluding steroid dienone is 1. The molecule has 1 heterocycles. The third kappa shape index (κ3) is 15.0. The van der Waals surface area contributed by atoms with Crippen molar-refractivity contribution < 1.29 is 14.7 Å². The Balaban J connectivity index is 0.000000645. The van der Waals surface area contributed by atoms with Crippen molar-refractivity contribution in [2.75, 3.05) is 13.1 Å². The Morgan fingerprint density at radius 1 is 1.17 bits per heavy atom. The van der Waals surface area contributed by atoms with Crippen LogP contribution in [0.2, 0.25) is 0 Å². The smallest absolute Gasteiger partial charge is 0.222 e. The molecule has 0 radical (unpaired) electrons. The van der Waals surface area contributed by atoms with E-state index in [1.54, 1.807) is 16.7 Å². The minimum Gasteiger partial charge on any atom is -0.391 e. The van der Waals surface area contributed by atoms with Crippen LogP contribution in [0.1, 0.15) is 98.7 Å². The Labute approximate surface area is 224 Å². The Hall–Kier alpha value is -2.23. The van der Waals surface area contributed by atoms with Gasteiger partial charge in [0, 0.05) is 30.8 Å². The van der Waals surface area contributed by atoms with Crippen LogP contribution >= 0.6 is 11.8 Å². The van der Waals surface area contributed by atoms with E-state index in [4.69, 9.17) is 0 Å². The molecule has 1 aromatic carbocycles. The van der Waals surface area contributed by atoms with Gasteiger partial charge in [-0.1, -0.05) is 77.3 Å². The van der Waals surface area contributed by atoms with Gasteiger partial charge in [0.15, 0.2) is 0 Å². The molecule has 2 atom stereocenters. The van der Waals surface area contributed by atoms with E-state index in [0.717, 1.165) is 37.3 Å². The average Bonchev–Trinajstić information content (AvgIpc) is 3.23. The molecule has 1 aliphatic heterocycles. The van der Waals surface area contributed by atoms with Crippen LogP contribution in [-0.2, 0) is 9.59 Å². The van der Waals surface area contributed by atoms with Crippen LogP contribution in [0.15, 0.2) is 29.8 Å². The summed E-state index contributed by atoms with van der Waals surface area (Å²) in [7, 11) is 0. The summed E-state index contributed by atoms with van der Waals surface area (Å²) in [6, 6.07) is 8.30. The summed E-state index contributed by atoms with van der Waals surface area (Å²) in [5, 5.41) is 15.1. The fourth-order valence-corrected chi connectivity index (χ4v) is 3.95. The number of nitrogens with one attached hydrogen (secondary N) is 1. The predicted octanol–water partition coefficient (Wildman–Crippen LogP) is 6.64. The summed E-state index contributed by atoms with van der Waals surface area (Å²) in [6.45, 7) is 20.0. The van der Waals surface area contributed by atoms with Gasteiger partial charge < -0.3 is 15.3 Å². The van der Waals surface area contributed by atoms with Crippen LogP contribution in [0.4, 0.5) is 0 Å². The highest BCUT2D eigenvalue weighted by Crippen LogP contribution is 2.30. The minimum atomic E-state index is -0.291. The summed E-state index contributed by atoms with van der Waals surface area (Å²) >= 11 is 1.58. The number of benzene rings is 1. The lowest BCUT2D eigenvalue weighted by molar-refractivity contribution is -0.131. The number of nitrogens with zero attached hydrogens (tertiary/aromatic N) is 1. The van der Waals surface area contributed by atoms with Gasteiger partial charge in [0.2, 0.25) is 12.3 Å². The highest BCUT2D eigenvalue weighted by atomic mass is 32.2. The zero-order chi connectivity index (χ0) is 27.7. The van der Waals surface area contributed by atoms with Crippen molar-refractivity contribution in [1.82, 2.24) is 10.2 Å². The van der Waals surface area contributed by atoms with Crippen molar-refractivity contribution in [3.63, 3.8) is 0 Å². The lowest BCUT2D eigenvalue weighted by Crippen LogP contribution is -2.30. The summed E-state index contributed by atoms with van der Waals surface area (Å²) in [5.41, 5.74) is 3.52. The van der Waals surface area contributed by atoms with Crippen molar-refractivity contribution >= 4 is 29.0 Å². The Bertz CT molecular complexity index is 860. The number of aliphatic hydroxyl groups is 1. The number of carbonyl (C=O) groups excluding carboxylic acids is 2. The van der Waals surface area contributed by atoms with Gasteiger partial charge in [-0.3, -0.25) is 9.59 Å². The summed E-state index contributed by atoms with van der Waals surface area (Å²) in [5.74, 6) is 4.51. The first-order chi connectivity index (χ1) is 16.9. The van der Waals surface area contributed by atoms with E-state index in [2.05, 4.69) is 63.2 Å². The van der Waals surface area contributed by atoms with Gasteiger partial charge >= 0.3 is 0 Å².